The Bertz CT molecular complexity index is 842. The van der Waals surface area contributed by atoms with Crippen molar-refractivity contribution in [2.24, 2.45) is 7.05 Å². The first-order valence-corrected chi connectivity index (χ1v) is 8.38. The van der Waals surface area contributed by atoms with Crippen molar-refractivity contribution in [3.05, 3.63) is 48.7 Å². The monoisotopic (exact) mass is 322 g/mol. The van der Waals surface area contributed by atoms with Gasteiger partial charge in [0.1, 0.15) is 11.6 Å². The fourth-order valence-corrected chi connectivity index (χ4v) is 3.27. The molecule has 6 heteroatoms. The lowest BCUT2D eigenvalue weighted by Crippen LogP contribution is -2.52. The molecule has 4 rings (SSSR count). The summed E-state index contributed by atoms with van der Waals surface area (Å²) in [6, 6.07) is 8.47. The van der Waals surface area contributed by atoms with Gasteiger partial charge in [-0.15, -0.1) is 0 Å². The van der Waals surface area contributed by atoms with Gasteiger partial charge in [-0.05, 0) is 19.1 Å². The normalized spacial score (nSPS) is 19.1. The Morgan fingerprint density at radius 2 is 1.96 bits per heavy atom. The number of benzene rings is 1. The van der Waals surface area contributed by atoms with Gasteiger partial charge in [-0.3, -0.25) is 9.88 Å². The molecule has 1 aliphatic rings. The van der Waals surface area contributed by atoms with E-state index in [1.54, 1.807) is 0 Å². The summed E-state index contributed by atoms with van der Waals surface area (Å²) in [5, 5.41) is 0. The molecule has 1 aromatic carbocycles. The van der Waals surface area contributed by atoms with Crippen LogP contribution in [0.15, 0.2) is 42.9 Å². The second-order valence-corrected chi connectivity index (χ2v) is 6.44. The Morgan fingerprint density at radius 3 is 2.71 bits per heavy atom. The lowest BCUT2D eigenvalue weighted by Gasteiger charge is -2.40. The maximum Gasteiger partial charge on any atom is 0.147 e. The molecule has 1 saturated heterocycles. The van der Waals surface area contributed by atoms with Crippen molar-refractivity contribution in [1.29, 1.82) is 0 Å². The molecule has 0 aliphatic carbocycles. The smallest absolute Gasteiger partial charge is 0.147 e. The van der Waals surface area contributed by atoms with Crippen molar-refractivity contribution in [1.82, 2.24) is 24.4 Å². The maximum atomic E-state index is 4.78. The van der Waals surface area contributed by atoms with Crippen LogP contribution in [-0.2, 0) is 13.6 Å². The van der Waals surface area contributed by atoms with E-state index >= 15 is 0 Å². The van der Waals surface area contributed by atoms with Crippen LogP contribution in [0.25, 0.3) is 11.0 Å². The Hall–Kier alpha value is -2.47. The molecule has 0 radical (unpaired) electrons. The van der Waals surface area contributed by atoms with Crippen LogP contribution in [0.2, 0.25) is 0 Å². The van der Waals surface area contributed by atoms with E-state index in [-0.39, 0.29) is 0 Å². The molecule has 1 fully saturated rings. The van der Waals surface area contributed by atoms with Crippen molar-refractivity contribution < 1.29 is 0 Å². The number of aromatic nitrogens is 4. The minimum absolute atomic E-state index is 0.448. The number of anilines is 1. The molecule has 24 heavy (non-hydrogen) atoms. The molecule has 0 unspecified atom stereocenters. The van der Waals surface area contributed by atoms with Crippen molar-refractivity contribution >= 4 is 16.9 Å². The van der Waals surface area contributed by atoms with Crippen LogP contribution in [-0.4, -0.2) is 50.1 Å². The number of nitrogens with zero attached hydrogens (tertiary/aromatic N) is 6. The van der Waals surface area contributed by atoms with Gasteiger partial charge in [-0.1, -0.05) is 12.1 Å². The van der Waals surface area contributed by atoms with Gasteiger partial charge in [0.05, 0.1) is 23.8 Å². The summed E-state index contributed by atoms with van der Waals surface area (Å²) in [5.74, 6) is 2.08. The van der Waals surface area contributed by atoms with Crippen molar-refractivity contribution in [3.63, 3.8) is 0 Å². The van der Waals surface area contributed by atoms with Gasteiger partial charge in [0.2, 0.25) is 0 Å². The zero-order valence-corrected chi connectivity index (χ0v) is 14.1. The first-order chi connectivity index (χ1) is 11.7. The molecule has 1 aliphatic heterocycles. The number of fused-ring (bicyclic) bond motifs is 1. The molecular weight excluding hydrogens is 300 g/mol. The first-order valence-electron chi connectivity index (χ1n) is 8.38. The van der Waals surface area contributed by atoms with Gasteiger partial charge in [0.25, 0.3) is 0 Å². The minimum Gasteiger partial charge on any atom is -0.352 e. The summed E-state index contributed by atoms with van der Waals surface area (Å²) in [5.41, 5.74) is 1.90. The van der Waals surface area contributed by atoms with E-state index in [9.17, 15) is 0 Å². The standard InChI is InChI=1S/C18H22N6/c1-14-12-24(10-9-23(14)13-18-19-7-8-22(18)2)17-11-20-15-5-3-4-6-16(15)21-17/h3-8,11,14H,9-10,12-13H2,1-2H3/t14-/m0/s1. The van der Waals surface area contributed by atoms with Gasteiger partial charge < -0.3 is 9.47 Å². The highest BCUT2D eigenvalue weighted by molar-refractivity contribution is 5.75. The Labute approximate surface area is 141 Å². The van der Waals surface area contributed by atoms with Crippen LogP contribution in [0.3, 0.4) is 0 Å². The highest BCUT2D eigenvalue weighted by Crippen LogP contribution is 2.20. The van der Waals surface area contributed by atoms with Crippen LogP contribution in [0.4, 0.5) is 5.82 Å². The fourth-order valence-electron chi connectivity index (χ4n) is 3.27. The Morgan fingerprint density at radius 1 is 1.12 bits per heavy atom. The summed E-state index contributed by atoms with van der Waals surface area (Å²) in [6.07, 6.45) is 5.76. The molecule has 0 amide bonds. The van der Waals surface area contributed by atoms with E-state index in [2.05, 4.69) is 31.3 Å². The molecule has 0 spiro atoms. The largest absolute Gasteiger partial charge is 0.352 e. The van der Waals surface area contributed by atoms with E-state index in [0.29, 0.717) is 6.04 Å². The molecule has 2 aromatic heterocycles. The average molecular weight is 322 g/mol. The van der Waals surface area contributed by atoms with Crippen LogP contribution < -0.4 is 4.90 Å². The number of imidazole rings is 1. The number of aryl methyl sites for hydroxylation is 1. The van der Waals surface area contributed by atoms with Crippen molar-refractivity contribution in [2.75, 3.05) is 24.5 Å². The summed E-state index contributed by atoms with van der Waals surface area (Å²) in [6.45, 7) is 6.08. The third-order valence-corrected chi connectivity index (χ3v) is 4.79. The van der Waals surface area contributed by atoms with Gasteiger partial charge in [-0.2, -0.15) is 0 Å². The highest BCUT2D eigenvalue weighted by Gasteiger charge is 2.25. The molecule has 0 saturated carbocycles. The highest BCUT2D eigenvalue weighted by atomic mass is 15.3. The molecule has 1 atom stereocenters. The van der Waals surface area contributed by atoms with Gasteiger partial charge >= 0.3 is 0 Å². The summed E-state index contributed by atoms with van der Waals surface area (Å²) in [4.78, 5) is 18.6. The molecule has 124 valence electrons. The van der Waals surface area contributed by atoms with Crippen LogP contribution >= 0.6 is 0 Å². The molecule has 3 aromatic rings. The number of rotatable bonds is 3. The van der Waals surface area contributed by atoms with Gasteiger partial charge in [0.15, 0.2) is 0 Å². The third-order valence-electron chi connectivity index (χ3n) is 4.79. The average Bonchev–Trinajstić information content (AvgIpc) is 3.01. The van der Waals surface area contributed by atoms with Gasteiger partial charge in [-0.25, -0.2) is 9.97 Å². The zero-order valence-electron chi connectivity index (χ0n) is 14.1. The fraction of sp³-hybridized carbons (Fsp3) is 0.389. The quantitative estimate of drug-likeness (QED) is 0.739. The van der Waals surface area contributed by atoms with E-state index in [1.807, 2.05) is 49.9 Å². The predicted octanol–water partition coefficient (Wildman–Crippen LogP) is 2.07. The zero-order chi connectivity index (χ0) is 16.5. The molecule has 0 bridgehead atoms. The Balaban J connectivity index is 1.48. The van der Waals surface area contributed by atoms with Crippen LogP contribution in [0, 0.1) is 0 Å². The first kappa shape index (κ1) is 15.1. The summed E-state index contributed by atoms with van der Waals surface area (Å²) >= 11 is 0. The summed E-state index contributed by atoms with van der Waals surface area (Å²) in [7, 11) is 2.05. The number of para-hydroxylation sites is 2. The topological polar surface area (TPSA) is 50.1 Å². The van der Waals surface area contributed by atoms with Crippen molar-refractivity contribution in [2.45, 2.75) is 19.5 Å². The molecule has 0 N–H and O–H groups in total. The molecule has 6 nitrogen and oxygen atoms in total. The van der Waals surface area contributed by atoms with E-state index in [4.69, 9.17) is 4.98 Å². The van der Waals surface area contributed by atoms with Crippen LogP contribution in [0.1, 0.15) is 12.7 Å². The maximum absolute atomic E-state index is 4.78. The SMILES string of the molecule is C[C@H]1CN(c2cnc3ccccc3n2)CCN1Cc1nccn1C. The number of piperazine rings is 1. The predicted molar refractivity (Wildman–Crippen MR) is 94.8 cm³/mol. The van der Waals surface area contributed by atoms with E-state index in [1.165, 1.54) is 0 Å². The third kappa shape index (κ3) is 2.85. The Kier molecular flexibility index (Phi) is 3.90. The lowest BCUT2D eigenvalue weighted by atomic mass is 10.2. The lowest BCUT2D eigenvalue weighted by molar-refractivity contribution is 0.174. The van der Waals surface area contributed by atoms with Crippen molar-refractivity contribution in [3.8, 4) is 0 Å². The number of hydrogen-bond donors (Lipinski definition) is 0. The molecular formula is C18H22N6. The second-order valence-electron chi connectivity index (χ2n) is 6.44. The number of hydrogen-bond acceptors (Lipinski definition) is 5. The second kappa shape index (κ2) is 6.20. The van der Waals surface area contributed by atoms with Gasteiger partial charge in [0, 0.05) is 45.1 Å². The molecule has 3 heterocycles. The summed E-state index contributed by atoms with van der Waals surface area (Å²) < 4.78 is 2.09. The van der Waals surface area contributed by atoms with Crippen LogP contribution in [0.5, 0.6) is 0 Å². The minimum atomic E-state index is 0.448. The van der Waals surface area contributed by atoms with E-state index < -0.39 is 0 Å². The van der Waals surface area contributed by atoms with E-state index in [0.717, 1.165) is 48.9 Å².